The van der Waals surface area contributed by atoms with Gasteiger partial charge in [-0.25, -0.2) is 4.98 Å². The fraction of sp³-hybridized carbons (Fsp3) is 0.182. The van der Waals surface area contributed by atoms with Crippen molar-refractivity contribution in [3.63, 3.8) is 0 Å². The average Bonchev–Trinajstić information content (AvgIpc) is 2.92. The van der Waals surface area contributed by atoms with Crippen molar-refractivity contribution in [2.45, 2.75) is 27.7 Å². The van der Waals surface area contributed by atoms with Gasteiger partial charge < -0.3 is 4.98 Å². The summed E-state index contributed by atoms with van der Waals surface area (Å²) in [6.07, 6.45) is 1.86. The first kappa shape index (κ1) is 16.3. The summed E-state index contributed by atoms with van der Waals surface area (Å²) in [5.74, 6) is 0.760. The third kappa shape index (κ3) is 2.84. The molecule has 0 amide bonds. The van der Waals surface area contributed by atoms with Gasteiger partial charge in [-0.05, 0) is 57.0 Å². The molecule has 2 heterocycles. The fourth-order valence-corrected chi connectivity index (χ4v) is 3.53. The number of hydrogen-bond acceptors (Lipinski definition) is 3. The maximum Gasteiger partial charge on any atom is 0.147 e. The number of aromatic nitrogens is 2. The number of anilines is 1. The SMILES string of the molecule is Cc1cc(C)c2nc(NN=Cc3c(C)[nH]c4ccccc34)cc(C)c2c1. The zero-order chi connectivity index (χ0) is 18.3. The van der Waals surface area contributed by atoms with Crippen LogP contribution in [0.2, 0.25) is 0 Å². The minimum atomic E-state index is 0.760. The first-order chi connectivity index (χ1) is 12.5. The van der Waals surface area contributed by atoms with Gasteiger partial charge in [-0.1, -0.05) is 29.8 Å². The number of nitrogens with zero attached hydrogens (tertiary/aromatic N) is 2. The van der Waals surface area contributed by atoms with Crippen molar-refractivity contribution >= 4 is 33.8 Å². The van der Waals surface area contributed by atoms with E-state index < -0.39 is 0 Å². The van der Waals surface area contributed by atoms with E-state index in [0.29, 0.717) is 0 Å². The molecule has 26 heavy (non-hydrogen) atoms. The summed E-state index contributed by atoms with van der Waals surface area (Å²) in [5.41, 5.74) is 11.1. The van der Waals surface area contributed by atoms with E-state index in [2.05, 4.69) is 67.5 Å². The normalized spacial score (nSPS) is 11.7. The molecule has 4 nitrogen and oxygen atoms in total. The zero-order valence-electron chi connectivity index (χ0n) is 15.5. The number of benzene rings is 2. The van der Waals surface area contributed by atoms with Crippen molar-refractivity contribution in [1.29, 1.82) is 0 Å². The van der Waals surface area contributed by atoms with Crippen LogP contribution >= 0.6 is 0 Å². The fourth-order valence-electron chi connectivity index (χ4n) is 3.53. The van der Waals surface area contributed by atoms with Crippen molar-refractivity contribution in [2.24, 2.45) is 5.10 Å². The molecule has 0 aliphatic rings. The Morgan fingerprint density at radius 1 is 0.962 bits per heavy atom. The highest BCUT2D eigenvalue weighted by Gasteiger charge is 2.07. The monoisotopic (exact) mass is 342 g/mol. The number of pyridine rings is 1. The summed E-state index contributed by atoms with van der Waals surface area (Å²) in [7, 11) is 0. The summed E-state index contributed by atoms with van der Waals surface area (Å²) in [5, 5.41) is 6.80. The van der Waals surface area contributed by atoms with E-state index >= 15 is 0 Å². The Morgan fingerprint density at radius 2 is 1.77 bits per heavy atom. The van der Waals surface area contributed by atoms with Gasteiger partial charge in [-0.2, -0.15) is 5.10 Å². The highest BCUT2D eigenvalue weighted by atomic mass is 15.3. The second-order valence-corrected chi connectivity index (χ2v) is 6.88. The van der Waals surface area contributed by atoms with Crippen LogP contribution in [-0.4, -0.2) is 16.2 Å². The number of rotatable bonds is 3. The van der Waals surface area contributed by atoms with E-state index in [-0.39, 0.29) is 0 Å². The lowest BCUT2D eigenvalue weighted by molar-refractivity contribution is 1.23. The summed E-state index contributed by atoms with van der Waals surface area (Å²) in [6, 6.07) is 14.6. The van der Waals surface area contributed by atoms with E-state index in [1.165, 1.54) is 27.5 Å². The Balaban J connectivity index is 1.67. The summed E-state index contributed by atoms with van der Waals surface area (Å²) in [6.45, 7) is 8.39. The van der Waals surface area contributed by atoms with Gasteiger partial charge in [0.25, 0.3) is 0 Å². The molecule has 0 atom stereocenters. The number of nitrogens with one attached hydrogen (secondary N) is 2. The average molecular weight is 342 g/mol. The number of hydrogen-bond donors (Lipinski definition) is 2. The van der Waals surface area contributed by atoms with E-state index in [4.69, 9.17) is 4.98 Å². The quantitative estimate of drug-likeness (QED) is 0.387. The largest absolute Gasteiger partial charge is 0.358 e. The molecule has 2 aromatic carbocycles. The Bertz CT molecular complexity index is 1150. The zero-order valence-corrected chi connectivity index (χ0v) is 15.5. The molecular weight excluding hydrogens is 320 g/mol. The highest BCUT2D eigenvalue weighted by Crippen LogP contribution is 2.25. The van der Waals surface area contributed by atoms with Gasteiger partial charge >= 0.3 is 0 Å². The lowest BCUT2D eigenvalue weighted by Gasteiger charge is -2.09. The molecule has 2 N–H and O–H groups in total. The van der Waals surface area contributed by atoms with Crippen LogP contribution in [0.1, 0.15) is 27.9 Å². The second kappa shape index (κ2) is 6.30. The number of para-hydroxylation sites is 1. The number of aryl methyl sites for hydroxylation is 4. The molecule has 0 radical (unpaired) electrons. The molecular formula is C22H22N4. The molecule has 4 aromatic rings. The third-order valence-corrected chi connectivity index (χ3v) is 4.77. The molecule has 4 heteroatoms. The highest BCUT2D eigenvalue weighted by molar-refractivity contribution is 6.00. The molecule has 0 unspecified atom stereocenters. The Labute approximate surface area is 153 Å². The van der Waals surface area contributed by atoms with Crippen LogP contribution in [0.5, 0.6) is 0 Å². The van der Waals surface area contributed by atoms with Crippen LogP contribution in [0.4, 0.5) is 5.82 Å². The van der Waals surface area contributed by atoms with Crippen LogP contribution < -0.4 is 5.43 Å². The molecule has 0 fully saturated rings. The van der Waals surface area contributed by atoms with Crippen LogP contribution in [-0.2, 0) is 0 Å². The lowest BCUT2D eigenvalue weighted by atomic mass is 10.0. The Hall–Kier alpha value is -3.14. The minimum absolute atomic E-state index is 0.760. The molecule has 0 spiro atoms. The van der Waals surface area contributed by atoms with Crippen molar-refractivity contribution < 1.29 is 0 Å². The van der Waals surface area contributed by atoms with E-state index in [0.717, 1.165) is 28.1 Å². The topological polar surface area (TPSA) is 53.1 Å². The second-order valence-electron chi connectivity index (χ2n) is 6.88. The van der Waals surface area contributed by atoms with E-state index in [9.17, 15) is 0 Å². The van der Waals surface area contributed by atoms with Crippen molar-refractivity contribution in [3.8, 4) is 0 Å². The third-order valence-electron chi connectivity index (χ3n) is 4.77. The number of hydrazone groups is 1. The van der Waals surface area contributed by atoms with Crippen LogP contribution in [0.25, 0.3) is 21.8 Å². The number of aromatic amines is 1. The van der Waals surface area contributed by atoms with Gasteiger partial charge in [-0.15, -0.1) is 0 Å². The number of fused-ring (bicyclic) bond motifs is 2. The predicted molar refractivity (Wildman–Crippen MR) is 110 cm³/mol. The lowest BCUT2D eigenvalue weighted by Crippen LogP contribution is -1.97. The van der Waals surface area contributed by atoms with Gasteiger partial charge in [0.1, 0.15) is 5.82 Å². The molecule has 0 aliphatic heterocycles. The minimum Gasteiger partial charge on any atom is -0.358 e. The van der Waals surface area contributed by atoms with Crippen LogP contribution in [0, 0.1) is 27.7 Å². The summed E-state index contributed by atoms with van der Waals surface area (Å²) in [4.78, 5) is 8.13. The maximum atomic E-state index is 4.75. The van der Waals surface area contributed by atoms with Gasteiger partial charge in [0, 0.05) is 27.5 Å². The predicted octanol–water partition coefficient (Wildman–Crippen LogP) is 5.40. The van der Waals surface area contributed by atoms with Gasteiger partial charge in [-0.3, -0.25) is 5.43 Å². The molecule has 4 rings (SSSR count). The van der Waals surface area contributed by atoms with E-state index in [1.807, 2.05) is 24.4 Å². The standard InChI is InChI=1S/C22H22N4/c1-13-9-15(3)22-18(10-13)14(2)11-21(25-22)26-23-12-19-16(4)24-20-8-6-5-7-17(19)20/h5-12,24H,1-4H3,(H,25,26). The summed E-state index contributed by atoms with van der Waals surface area (Å²) >= 11 is 0. The van der Waals surface area contributed by atoms with Crippen molar-refractivity contribution in [2.75, 3.05) is 5.43 Å². The molecule has 130 valence electrons. The Kier molecular flexibility index (Phi) is 3.96. The van der Waals surface area contributed by atoms with Crippen molar-refractivity contribution in [1.82, 2.24) is 9.97 Å². The molecule has 0 bridgehead atoms. The van der Waals surface area contributed by atoms with Gasteiger partial charge in [0.15, 0.2) is 0 Å². The van der Waals surface area contributed by atoms with E-state index in [1.54, 1.807) is 0 Å². The van der Waals surface area contributed by atoms with Gasteiger partial charge in [0.05, 0.1) is 11.7 Å². The molecule has 2 aromatic heterocycles. The number of H-pyrrole nitrogens is 1. The smallest absolute Gasteiger partial charge is 0.147 e. The van der Waals surface area contributed by atoms with Crippen LogP contribution in [0.15, 0.2) is 47.6 Å². The van der Waals surface area contributed by atoms with Gasteiger partial charge in [0.2, 0.25) is 0 Å². The van der Waals surface area contributed by atoms with Crippen LogP contribution in [0.3, 0.4) is 0 Å². The first-order valence-electron chi connectivity index (χ1n) is 8.78. The van der Waals surface area contributed by atoms with Crippen molar-refractivity contribution in [3.05, 3.63) is 70.4 Å². The molecule has 0 aliphatic carbocycles. The molecule has 0 saturated carbocycles. The molecule has 0 saturated heterocycles. The Morgan fingerprint density at radius 3 is 2.62 bits per heavy atom. The summed E-state index contributed by atoms with van der Waals surface area (Å²) < 4.78 is 0. The first-order valence-corrected chi connectivity index (χ1v) is 8.78. The maximum absolute atomic E-state index is 4.75.